The van der Waals surface area contributed by atoms with Crippen molar-refractivity contribution >= 4 is 17.8 Å². The van der Waals surface area contributed by atoms with Crippen molar-refractivity contribution in [1.82, 2.24) is 15.5 Å². The van der Waals surface area contributed by atoms with E-state index in [-0.39, 0.29) is 11.8 Å². The second-order valence-corrected chi connectivity index (χ2v) is 4.18. The summed E-state index contributed by atoms with van der Waals surface area (Å²) in [5.41, 5.74) is 0. The molecule has 7 nitrogen and oxygen atoms in total. The predicted octanol–water partition coefficient (Wildman–Crippen LogP) is -1.51. The fourth-order valence-electron chi connectivity index (χ4n) is 1.82. The zero-order valence-corrected chi connectivity index (χ0v) is 10.7. The normalized spacial score (nSPS) is 18.4. The molecule has 1 aliphatic heterocycles. The number of nitrogens with zero attached hydrogens (tertiary/aromatic N) is 1. The summed E-state index contributed by atoms with van der Waals surface area (Å²) in [6, 6.07) is -0.694. The maximum atomic E-state index is 11.5. The molecule has 1 heterocycles. The van der Waals surface area contributed by atoms with Gasteiger partial charge in [-0.2, -0.15) is 0 Å². The van der Waals surface area contributed by atoms with E-state index >= 15 is 0 Å². The first-order valence-corrected chi connectivity index (χ1v) is 5.87. The molecule has 1 rings (SSSR count). The smallest absolute Gasteiger partial charge is 0.329 e. The van der Waals surface area contributed by atoms with Gasteiger partial charge in [0.15, 0.2) is 0 Å². The molecular formula is C11H19N3O4. The Morgan fingerprint density at radius 2 is 2.22 bits per heavy atom. The second-order valence-electron chi connectivity index (χ2n) is 4.18. The molecule has 0 aromatic heterocycles. The van der Waals surface area contributed by atoms with Gasteiger partial charge < -0.3 is 15.4 Å². The maximum Gasteiger partial charge on any atom is 0.329 e. The highest BCUT2D eigenvalue weighted by molar-refractivity contribution is 5.83. The number of amides is 2. The Labute approximate surface area is 106 Å². The van der Waals surface area contributed by atoms with E-state index in [0.717, 1.165) is 0 Å². The summed E-state index contributed by atoms with van der Waals surface area (Å²) in [5, 5.41) is 5.30. The average Bonchev–Trinajstić information content (AvgIpc) is 2.52. The molecule has 0 spiro atoms. The van der Waals surface area contributed by atoms with E-state index in [2.05, 4.69) is 15.4 Å². The largest absolute Gasteiger partial charge is 0.467 e. The lowest BCUT2D eigenvalue weighted by molar-refractivity contribution is -0.145. The molecule has 1 atom stereocenters. The minimum absolute atomic E-state index is 0.00615. The summed E-state index contributed by atoms with van der Waals surface area (Å²) in [7, 11) is 1.28. The molecular weight excluding hydrogens is 238 g/mol. The molecule has 0 radical (unpaired) electrons. The van der Waals surface area contributed by atoms with Crippen molar-refractivity contribution in [3.63, 3.8) is 0 Å². The Morgan fingerprint density at radius 1 is 1.50 bits per heavy atom. The Morgan fingerprint density at radius 3 is 2.83 bits per heavy atom. The van der Waals surface area contributed by atoms with Crippen molar-refractivity contribution in [3.8, 4) is 0 Å². The molecule has 0 saturated carbocycles. The van der Waals surface area contributed by atoms with Gasteiger partial charge in [-0.15, -0.1) is 0 Å². The molecule has 1 aliphatic rings. The fourth-order valence-corrected chi connectivity index (χ4v) is 1.82. The van der Waals surface area contributed by atoms with Crippen molar-refractivity contribution in [2.45, 2.75) is 19.4 Å². The van der Waals surface area contributed by atoms with Gasteiger partial charge in [0.1, 0.15) is 6.04 Å². The molecule has 18 heavy (non-hydrogen) atoms. The SMILES string of the molecule is COC(=O)C(CN1CCNC(=O)CC1)NC(C)=O. The molecule has 0 bridgehead atoms. The van der Waals surface area contributed by atoms with Crippen LogP contribution in [0.4, 0.5) is 0 Å². The Balaban J connectivity index is 2.55. The fraction of sp³-hybridized carbons (Fsp3) is 0.727. The Kier molecular flexibility index (Phi) is 5.57. The molecule has 1 saturated heterocycles. The van der Waals surface area contributed by atoms with Crippen LogP contribution in [0.15, 0.2) is 0 Å². The van der Waals surface area contributed by atoms with Gasteiger partial charge in [-0.3, -0.25) is 14.5 Å². The van der Waals surface area contributed by atoms with E-state index in [1.165, 1.54) is 14.0 Å². The highest BCUT2D eigenvalue weighted by Gasteiger charge is 2.24. The van der Waals surface area contributed by atoms with Crippen LogP contribution in [0, 0.1) is 0 Å². The molecule has 102 valence electrons. The zero-order chi connectivity index (χ0) is 13.5. The Hall–Kier alpha value is -1.63. The molecule has 1 fully saturated rings. The van der Waals surface area contributed by atoms with E-state index in [0.29, 0.717) is 32.6 Å². The van der Waals surface area contributed by atoms with Crippen LogP contribution in [-0.4, -0.2) is 62.0 Å². The van der Waals surface area contributed by atoms with Crippen LogP contribution < -0.4 is 10.6 Å². The van der Waals surface area contributed by atoms with Gasteiger partial charge in [0.2, 0.25) is 11.8 Å². The summed E-state index contributed by atoms with van der Waals surface area (Å²) in [4.78, 5) is 35.7. The van der Waals surface area contributed by atoms with Crippen molar-refractivity contribution in [3.05, 3.63) is 0 Å². The third-order valence-corrected chi connectivity index (χ3v) is 2.71. The number of esters is 1. The molecule has 7 heteroatoms. The summed E-state index contributed by atoms with van der Waals surface area (Å²) < 4.78 is 4.64. The van der Waals surface area contributed by atoms with E-state index < -0.39 is 12.0 Å². The summed E-state index contributed by atoms with van der Waals surface area (Å²) >= 11 is 0. The van der Waals surface area contributed by atoms with E-state index in [4.69, 9.17) is 0 Å². The maximum absolute atomic E-state index is 11.5. The first-order valence-electron chi connectivity index (χ1n) is 5.87. The third kappa shape index (κ3) is 4.70. The average molecular weight is 257 g/mol. The standard InChI is InChI=1S/C11H19N3O4/c1-8(15)13-9(11(17)18-2)7-14-5-3-10(16)12-4-6-14/h9H,3-7H2,1-2H3,(H,12,16)(H,13,15). The molecule has 0 aromatic carbocycles. The lowest BCUT2D eigenvalue weighted by Gasteiger charge is -2.24. The number of hydrogen-bond acceptors (Lipinski definition) is 5. The van der Waals surface area contributed by atoms with Crippen LogP contribution >= 0.6 is 0 Å². The molecule has 2 N–H and O–H groups in total. The lowest BCUT2D eigenvalue weighted by Crippen LogP contribution is -2.49. The van der Waals surface area contributed by atoms with Gasteiger partial charge in [0.25, 0.3) is 0 Å². The van der Waals surface area contributed by atoms with E-state index in [9.17, 15) is 14.4 Å². The molecule has 2 amide bonds. The Bertz CT molecular complexity index is 332. The quantitative estimate of drug-likeness (QED) is 0.598. The minimum atomic E-state index is -0.694. The van der Waals surface area contributed by atoms with Crippen LogP contribution in [0.25, 0.3) is 0 Å². The molecule has 0 aliphatic carbocycles. The van der Waals surface area contributed by atoms with E-state index in [1.807, 2.05) is 4.90 Å². The summed E-state index contributed by atoms with van der Waals surface area (Å²) in [5.74, 6) is -0.755. The first kappa shape index (κ1) is 14.4. The summed E-state index contributed by atoms with van der Waals surface area (Å²) in [6.07, 6.45) is 0.397. The topological polar surface area (TPSA) is 87.7 Å². The van der Waals surface area contributed by atoms with Crippen molar-refractivity contribution < 1.29 is 19.1 Å². The van der Waals surface area contributed by atoms with Gasteiger partial charge in [-0.05, 0) is 0 Å². The number of hydrogen-bond donors (Lipinski definition) is 2. The van der Waals surface area contributed by atoms with Crippen molar-refractivity contribution in [2.75, 3.05) is 33.3 Å². The van der Waals surface area contributed by atoms with Crippen LogP contribution in [0.5, 0.6) is 0 Å². The predicted molar refractivity (Wildman–Crippen MR) is 63.7 cm³/mol. The van der Waals surface area contributed by atoms with E-state index in [1.54, 1.807) is 0 Å². The van der Waals surface area contributed by atoms with Crippen LogP contribution in [0.3, 0.4) is 0 Å². The zero-order valence-electron chi connectivity index (χ0n) is 10.7. The molecule has 1 unspecified atom stereocenters. The number of methoxy groups -OCH3 is 1. The van der Waals surface area contributed by atoms with Gasteiger partial charge in [-0.25, -0.2) is 4.79 Å². The summed E-state index contributed by atoms with van der Waals surface area (Å²) in [6.45, 7) is 3.47. The minimum Gasteiger partial charge on any atom is -0.467 e. The monoisotopic (exact) mass is 257 g/mol. The third-order valence-electron chi connectivity index (χ3n) is 2.71. The highest BCUT2D eigenvalue weighted by Crippen LogP contribution is 2.00. The van der Waals surface area contributed by atoms with Gasteiger partial charge >= 0.3 is 5.97 Å². The first-order chi connectivity index (χ1) is 8.52. The highest BCUT2D eigenvalue weighted by atomic mass is 16.5. The van der Waals surface area contributed by atoms with Crippen molar-refractivity contribution in [1.29, 1.82) is 0 Å². The lowest BCUT2D eigenvalue weighted by atomic mass is 10.2. The van der Waals surface area contributed by atoms with Crippen LogP contribution in [-0.2, 0) is 19.1 Å². The number of nitrogens with one attached hydrogen (secondary N) is 2. The van der Waals surface area contributed by atoms with Crippen molar-refractivity contribution in [2.24, 2.45) is 0 Å². The molecule has 0 aromatic rings. The number of ether oxygens (including phenoxy) is 1. The van der Waals surface area contributed by atoms with Gasteiger partial charge in [0.05, 0.1) is 7.11 Å². The van der Waals surface area contributed by atoms with Gasteiger partial charge in [0, 0.05) is 39.5 Å². The van der Waals surface area contributed by atoms with Gasteiger partial charge in [-0.1, -0.05) is 0 Å². The van der Waals surface area contributed by atoms with Crippen LogP contribution in [0.2, 0.25) is 0 Å². The number of carbonyl (C=O) groups excluding carboxylic acids is 3. The second kappa shape index (κ2) is 6.95. The number of carbonyl (C=O) groups is 3. The van der Waals surface area contributed by atoms with Crippen LogP contribution in [0.1, 0.15) is 13.3 Å². The number of rotatable bonds is 4.